The molecule has 19 heavy (non-hydrogen) atoms. The third-order valence-corrected chi connectivity index (χ3v) is 5.84. The van der Waals surface area contributed by atoms with Crippen LogP contribution in [0.5, 0.6) is 0 Å². The van der Waals surface area contributed by atoms with Gasteiger partial charge in [-0.2, -0.15) is 11.8 Å². The Labute approximate surface area is 123 Å². The lowest BCUT2D eigenvalue weighted by atomic mass is 9.72. The van der Waals surface area contributed by atoms with Crippen molar-refractivity contribution in [3.8, 4) is 0 Å². The van der Waals surface area contributed by atoms with Gasteiger partial charge in [-0.3, -0.25) is 0 Å². The molecule has 2 aliphatic heterocycles. The topological polar surface area (TPSA) is 21.3 Å². The van der Waals surface area contributed by atoms with Crippen LogP contribution in [0.3, 0.4) is 0 Å². The summed E-state index contributed by atoms with van der Waals surface area (Å²) in [6, 6.07) is 0.624. The molecule has 2 fully saturated rings. The van der Waals surface area contributed by atoms with Crippen LogP contribution in [0.25, 0.3) is 0 Å². The highest BCUT2D eigenvalue weighted by Crippen LogP contribution is 2.43. The summed E-state index contributed by atoms with van der Waals surface area (Å²) in [5, 5.41) is 3.82. The maximum atomic E-state index is 6.18. The van der Waals surface area contributed by atoms with Gasteiger partial charge in [0.25, 0.3) is 0 Å². The van der Waals surface area contributed by atoms with Crippen LogP contribution in [0.4, 0.5) is 0 Å². The maximum Gasteiger partial charge on any atom is 0.0783 e. The number of rotatable bonds is 4. The van der Waals surface area contributed by atoms with Crippen molar-refractivity contribution in [3.63, 3.8) is 0 Å². The molecule has 3 atom stereocenters. The minimum Gasteiger partial charge on any atom is -0.374 e. The molecule has 0 saturated carbocycles. The molecule has 3 unspecified atom stereocenters. The van der Waals surface area contributed by atoms with Crippen molar-refractivity contribution in [2.75, 3.05) is 24.7 Å². The number of nitrogens with one attached hydrogen (secondary N) is 1. The summed E-state index contributed by atoms with van der Waals surface area (Å²) in [6.07, 6.45) is 4.97. The zero-order chi connectivity index (χ0) is 13.9. The zero-order valence-corrected chi connectivity index (χ0v) is 13.9. The fourth-order valence-corrected chi connectivity index (χ4v) is 5.07. The second-order valence-electron chi connectivity index (χ2n) is 7.38. The van der Waals surface area contributed by atoms with E-state index in [0.717, 1.165) is 19.1 Å². The highest BCUT2D eigenvalue weighted by molar-refractivity contribution is 7.99. The first kappa shape index (κ1) is 15.7. The largest absolute Gasteiger partial charge is 0.374 e. The Morgan fingerprint density at radius 3 is 2.79 bits per heavy atom. The lowest BCUT2D eigenvalue weighted by molar-refractivity contribution is -0.0914. The molecule has 2 heterocycles. The molecule has 0 aliphatic carbocycles. The average molecular weight is 285 g/mol. The van der Waals surface area contributed by atoms with Gasteiger partial charge >= 0.3 is 0 Å². The first-order valence-electron chi connectivity index (χ1n) is 7.92. The quantitative estimate of drug-likeness (QED) is 0.851. The molecule has 1 N–H and O–H groups in total. The van der Waals surface area contributed by atoms with Crippen molar-refractivity contribution >= 4 is 11.8 Å². The Kier molecular flexibility index (Phi) is 5.24. The van der Waals surface area contributed by atoms with Crippen molar-refractivity contribution < 1.29 is 4.74 Å². The van der Waals surface area contributed by atoms with Gasteiger partial charge in [-0.15, -0.1) is 0 Å². The lowest BCUT2D eigenvalue weighted by Gasteiger charge is -2.45. The Morgan fingerprint density at radius 1 is 1.42 bits per heavy atom. The van der Waals surface area contributed by atoms with Crippen LogP contribution in [0.1, 0.15) is 53.4 Å². The monoisotopic (exact) mass is 285 g/mol. The van der Waals surface area contributed by atoms with E-state index < -0.39 is 0 Å². The fraction of sp³-hybridized carbons (Fsp3) is 1.00. The first-order chi connectivity index (χ1) is 8.97. The average Bonchev–Trinajstić information content (AvgIpc) is 2.76. The van der Waals surface area contributed by atoms with Crippen molar-refractivity contribution in [1.82, 2.24) is 5.32 Å². The van der Waals surface area contributed by atoms with E-state index in [9.17, 15) is 0 Å². The van der Waals surface area contributed by atoms with E-state index in [4.69, 9.17) is 4.74 Å². The van der Waals surface area contributed by atoms with E-state index in [1.807, 2.05) is 0 Å². The molecule has 2 saturated heterocycles. The molecular weight excluding hydrogens is 254 g/mol. The third-order valence-electron chi connectivity index (χ3n) is 4.62. The molecule has 2 nitrogen and oxygen atoms in total. The van der Waals surface area contributed by atoms with E-state index in [1.165, 1.54) is 37.2 Å². The van der Waals surface area contributed by atoms with Gasteiger partial charge in [-0.05, 0) is 49.3 Å². The van der Waals surface area contributed by atoms with Crippen LogP contribution < -0.4 is 5.32 Å². The Balaban J connectivity index is 2.03. The number of ether oxygens (including phenoxy) is 1. The summed E-state index contributed by atoms with van der Waals surface area (Å²) in [6.45, 7) is 11.5. The number of hydrogen-bond acceptors (Lipinski definition) is 3. The normalized spacial score (nSPS) is 33.8. The van der Waals surface area contributed by atoms with E-state index in [-0.39, 0.29) is 5.60 Å². The number of thioether (sulfide) groups is 1. The Hall–Kier alpha value is 0.270. The second kappa shape index (κ2) is 6.36. The SMILES string of the molecule is CCCNC(C1CCOC2(CCSC2)C1)C(C)(C)C. The highest BCUT2D eigenvalue weighted by atomic mass is 32.2. The summed E-state index contributed by atoms with van der Waals surface area (Å²) in [7, 11) is 0. The van der Waals surface area contributed by atoms with Crippen LogP contribution in [-0.4, -0.2) is 36.3 Å². The lowest BCUT2D eigenvalue weighted by Crippen LogP contribution is -2.52. The third kappa shape index (κ3) is 3.89. The molecule has 112 valence electrons. The van der Waals surface area contributed by atoms with Crippen molar-refractivity contribution in [2.24, 2.45) is 11.3 Å². The Morgan fingerprint density at radius 2 is 2.21 bits per heavy atom. The van der Waals surface area contributed by atoms with Crippen LogP contribution in [0, 0.1) is 11.3 Å². The van der Waals surface area contributed by atoms with Gasteiger partial charge in [0.05, 0.1) is 5.60 Å². The molecule has 0 amide bonds. The van der Waals surface area contributed by atoms with Crippen LogP contribution in [0.2, 0.25) is 0 Å². The zero-order valence-electron chi connectivity index (χ0n) is 13.1. The van der Waals surface area contributed by atoms with E-state index in [0.29, 0.717) is 11.5 Å². The smallest absolute Gasteiger partial charge is 0.0783 e. The minimum atomic E-state index is 0.213. The summed E-state index contributed by atoms with van der Waals surface area (Å²) in [4.78, 5) is 0. The molecule has 3 heteroatoms. The molecule has 0 bridgehead atoms. The van der Waals surface area contributed by atoms with Crippen molar-refractivity contribution in [1.29, 1.82) is 0 Å². The second-order valence-corrected chi connectivity index (χ2v) is 8.49. The molecule has 1 spiro atoms. The predicted molar refractivity (Wildman–Crippen MR) is 84.9 cm³/mol. The highest BCUT2D eigenvalue weighted by Gasteiger charge is 2.44. The summed E-state index contributed by atoms with van der Waals surface area (Å²) >= 11 is 2.07. The van der Waals surface area contributed by atoms with Crippen LogP contribution >= 0.6 is 11.8 Å². The summed E-state index contributed by atoms with van der Waals surface area (Å²) in [5.41, 5.74) is 0.551. The summed E-state index contributed by atoms with van der Waals surface area (Å²) in [5.74, 6) is 3.28. The molecule has 2 rings (SSSR count). The molecule has 0 aromatic carbocycles. The van der Waals surface area contributed by atoms with E-state index in [1.54, 1.807) is 0 Å². The minimum absolute atomic E-state index is 0.213. The molecule has 0 radical (unpaired) electrons. The predicted octanol–water partition coefficient (Wildman–Crippen LogP) is 3.70. The molecule has 2 aliphatic rings. The summed E-state index contributed by atoms with van der Waals surface area (Å²) < 4.78 is 6.18. The molecule has 0 aromatic heterocycles. The van der Waals surface area contributed by atoms with Gasteiger partial charge < -0.3 is 10.1 Å². The van der Waals surface area contributed by atoms with Crippen LogP contribution in [-0.2, 0) is 4.74 Å². The molecule has 0 aromatic rings. The van der Waals surface area contributed by atoms with Crippen LogP contribution in [0.15, 0.2) is 0 Å². The van der Waals surface area contributed by atoms with E-state index >= 15 is 0 Å². The van der Waals surface area contributed by atoms with Gasteiger partial charge in [-0.1, -0.05) is 27.7 Å². The van der Waals surface area contributed by atoms with E-state index in [2.05, 4.69) is 44.8 Å². The standard InChI is InChI=1S/C16H31NOS/c1-5-8-17-14(15(2,3)4)13-6-9-18-16(11-13)7-10-19-12-16/h13-14,17H,5-12H2,1-4H3. The van der Waals surface area contributed by atoms with Crippen molar-refractivity contribution in [3.05, 3.63) is 0 Å². The maximum absolute atomic E-state index is 6.18. The van der Waals surface area contributed by atoms with Gasteiger partial charge in [0.15, 0.2) is 0 Å². The van der Waals surface area contributed by atoms with Gasteiger partial charge in [0.2, 0.25) is 0 Å². The van der Waals surface area contributed by atoms with Gasteiger partial charge in [0, 0.05) is 18.4 Å². The fourth-order valence-electron chi connectivity index (χ4n) is 3.69. The van der Waals surface area contributed by atoms with Gasteiger partial charge in [0.1, 0.15) is 0 Å². The van der Waals surface area contributed by atoms with Crippen molar-refractivity contribution in [2.45, 2.75) is 65.0 Å². The molecular formula is C16H31NOS. The Bertz CT molecular complexity index is 281. The van der Waals surface area contributed by atoms with Gasteiger partial charge in [-0.25, -0.2) is 0 Å². The number of hydrogen-bond donors (Lipinski definition) is 1. The first-order valence-corrected chi connectivity index (χ1v) is 9.07.